The molecule has 0 aliphatic heterocycles. The van der Waals surface area contributed by atoms with Gasteiger partial charge >= 0.3 is 6.18 Å². The number of ether oxygens (including phenoxy) is 1. The fraction of sp³-hybridized carbons (Fsp3) is 0.188. The Hall–Kier alpha value is -1.97. The van der Waals surface area contributed by atoms with Gasteiger partial charge in [0, 0.05) is 20.7 Å². The van der Waals surface area contributed by atoms with Crippen LogP contribution in [0.3, 0.4) is 0 Å². The topological polar surface area (TPSA) is 47.9 Å². The van der Waals surface area contributed by atoms with E-state index in [0.29, 0.717) is 11.1 Å². The summed E-state index contributed by atoms with van der Waals surface area (Å²) >= 11 is 2.09. The van der Waals surface area contributed by atoms with E-state index in [1.54, 1.807) is 31.2 Å². The predicted molar refractivity (Wildman–Crippen MR) is 90.6 cm³/mol. The van der Waals surface area contributed by atoms with Crippen molar-refractivity contribution < 1.29 is 17.9 Å². The molecular formula is C16H11F3IN3O. The van der Waals surface area contributed by atoms with Gasteiger partial charge in [-0.3, -0.25) is 0 Å². The van der Waals surface area contributed by atoms with Gasteiger partial charge in [-0.25, -0.2) is 15.0 Å². The van der Waals surface area contributed by atoms with Gasteiger partial charge in [0.1, 0.15) is 24.4 Å². The highest BCUT2D eigenvalue weighted by Crippen LogP contribution is 2.35. The van der Waals surface area contributed by atoms with Gasteiger partial charge < -0.3 is 4.74 Å². The summed E-state index contributed by atoms with van der Waals surface area (Å²) in [6.07, 6.45) is -3.15. The standard InChI is InChI=1S/C16H11F3IN3O/c1-9-4-11(22-8-21-9)7-24-14-6-15(16(17,18)19)23-13-3-2-10(20)5-12(13)14/h2-6,8H,7H2,1H3. The second-order valence-corrected chi connectivity index (χ2v) is 6.35. The zero-order valence-electron chi connectivity index (χ0n) is 12.4. The van der Waals surface area contributed by atoms with Gasteiger partial charge in [0.05, 0.1) is 11.2 Å². The smallest absolute Gasteiger partial charge is 0.433 e. The fourth-order valence-corrected chi connectivity index (χ4v) is 2.66. The van der Waals surface area contributed by atoms with Crippen molar-refractivity contribution in [3.05, 3.63) is 57.3 Å². The summed E-state index contributed by atoms with van der Waals surface area (Å²) in [5, 5.41) is 0.528. The predicted octanol–water partition coefficient (Wildman–Crippen LogP) is 4.54. The molecular weight excluding hydrogens is 434 g/mol. The number of halogens is 4. The van der Waals surface area contributed by atoms with Crippen LogP contribution in [-0.4, -0.2) is 15.0 Å². The van der Waals surface area contributed by atoms with Crippen LogP contribution in [0.15, 0.2) is 36.7 Å². The zero-order valence-corrected chi connectivity index (χ0v) is 14.6. The number of aryl methyl sites for hydroxylation is 1. The van der Waals surface area contributed by atoms with E-state index in [1.807, 2.05) is 0 Å². The maximum absolute atomic E-state index is 13.1. The van der Waals surface area contributed by atoms with Gasteiger partial charge in [-0.15, -0.1) is 0 Å². The van der Waals surface area contributed by atoms with Gasteiger partial charge in [0.15, 0.2) is 0 Å². The molecule has 0 saturated carbocycles. The van der Waals surface area contributed by atoms with Crippen molar-refractivity contribution in [2.75, 3.05) is 0 Å². The minimum absolute atomic E-state index is 0.0469. The molecule has 0 unspecified atom stereocenters. The maximum Gasteiger partial charge on any atom is 0.433 e. The SMILES string of the molecule is Cc1cc(COc2cc(C(F)(F)F)nc3ccc(I)cc23)ncn1. The lowest BCUT2D eigenvalue weighted by Crippen LogP contribution is -2.09. The minimum atomic E-state index is -4.54. The molecule has 0 amide bonds. The van der Waals surface area contributed by atoms with E-state index < -0.39 is 11.9 Å². The average molecular weight is 445 g/mol. The molecule has 0 atom stereocenters. The van der Waals surface area contributed by atoms with Crippen molar-refractivity contribution in [3.63, 3.8) is 0 Å². The lowest BCUT2D eigenvalue weighted by Gasteiger charge is -2.13. The summed E-state index contributed by atoms with van der Waals surface area (Å²) in [6.45, 7) is 1.85. The Kier molecular flexibility index (Phi) is 4.57. The Morgan fingerprint density at radius 1 is 1.12 bits per heavy atom. The van der Waals surface area contributed by atoms with E-state index in [-0.39, 0.29) is 17.9 Å². The van der Waals surface area contributed by atoms with Crippen LogP contribution in [-0.2, 0) is 12.8 Å². The van der Waals surface area contributed by atoms with Crippen molar-refractivity contribution in [1.29, 1.82) is 0 Å². The molecule has 2 aromatic heterocycles. The number of aromatic nitrogens is 3. The van der Waals surface area contributed by atoms with Gasteiger partial charge in [-0.1, -0.05) is 0 Å². The number of hydrogen-bond acceptors (Lipinski definition) is 4. The van der Waals surface area contributed by atoms with Crippen LogP contribution < -0.4 is 4.74 Å². The molecule has 3 aromatic rings. The molecule has 124 valence electrons. The monoisotopic (exact) mass is 445 g/mol. The minimum Gasteiger partial charge on any atom is -0.487 e. The fourth-order valence-electron chi connectivity index (χ4n) is 2.17. The lowest BCUT2D eigenvalue weighted by atomic mass is 10.2. The van der Waals surface area contributed by atoms with E-state index in [9.17, 15) is 13.2 Å². The van der Waals surface area contributed by atoms with Gasteiger partial charge in [-0.2, -0.15) is 13.2 Å². The molecule has 0 aliphatic rings. The Labute approximate surface area is 149 Å². The van der Waals surface area contributed by atoms with Gasteiger partial charge in [0.25, 0.3) is 0 Å². The second kappa shape index (κ2) is 6.50. The largest absolute Gasteiger partial charge is 0.487 e. The van der Waals surface area contributed by atoms with Crippen molar-refractivity contribution >= 4 is 33.5 Å². The van der Waals surface area contributed by atoms with Crippen LogP contribution >= 0.6 is 22.6 Å². The second-order valence-electron chi connectivity index (χ2n) is 5.10. The summed E-state index contributed by atoms with van der Waals surface area (Å²) < 4.78 is 45.6. The van der Waals surface area contributed by atoms with Crippen LogP contribution in [0.5, 0.6) is 5.75 Å². The molecule has 0 saturated heterocycles. The van der Waals surface area contributed by atoms with Crippen molar-refractivity contribution in [3.8, 4) is 5.75 Å². The van der Waals surface area contributed by atoms with E-state index in [2.05, 4.69) is 37.5 Å². The van der Waals surface area contributed by atoms with Crippen LogP contribution in [0.4, 0.5) is 13.2 Å². The summed E-state index contributed by atoms with van der Waals surface area (Å²) in [6, 6.07) is 7.63. The van der Waals surface area contributed by atoms with Crippen molar-refractivity contribution in [1.82, 2.24) is 15.0 Å². The molecule has 0 fully saturated rings. The van der Waals surface area contributed by atoms with Crippen LogP contribution in [0, 0.1) is 10.5 Å². The highest BCUT2D eigenvalue weighted by Gasteiger charge is 2.33. The molecule has 24 heavy (non-hydrogen) atoms. The van der Waals surface area contributed by atoms with Crippen molar-refractivity contribution in [2.45, 2.75) is 19.7 Å². The quantitative estimate of drug-likeness (QED) is 0.556. The summed E-state index contributed by atoms with van der Waals surface area (Å²) in [7, 11) is 0. The zero-order chi connectivity index (χ0) is 17.3. The third-order valence-electron chi connectivity index (χ3n) is 3.26. The van der Waals surface area contributed by atoms with Crippen molar-refractivity contribution in [2.24, 2.45) is 0 Å². The molecule has 8 heteroatoms. The number of hydrogen-bond donors (Lipinski definition) is 0. The van der Waals surface area contributed by atoms with Gasteiger partial charge in [0.2, 0.25) is 0 Å². The maximum atomic E-state index is 13.1. The molecule has 0 radical (unpaired) electrons. The van der Waals surface area contributed by atoms with Gasteiger partial charge in [-0.05, 0) is 53.8 Å². The van der Waals surface area contributed by atoms with E-state index >= 15 is 0 Å². The highest BCUT2D eigenvalue weighted by atomic mass is 127. The molecule has 0 aliphatic carbocycles. The number of nitrogens with zero attached hydrogens (tertiary/aromatic N) is 3. The Morgan fingerprint density at radius 3 is 2.62 bits per heavy atom. The third kappa shape index (κ3) is 3.74. The number of pyridine rings is 1. The summed E-state index contributed by atoms with van der Waals surface area (Å²) in [5.74, 6) is 0.127. The Morgan fingerprint density at radius 2 is 1.92 bits per heavy atom. The first-order chi connectivity index (χ1) is 11.3. The Balaban J connectivity index is 2.02. The van der Waals surface area contributed by atoms with Crippen LogP contribution in [0.25, 0.3) is 10.9 Å². The molecule has 0 spiro atoms. The molecule has 1 aromatic carbocycles. The molecule has 4 nitrogen and oxygen atoms in total. The first-order valence-corrected chi connectivity index (χ1v) is 7.98. The Bertz CT molecular complexity index is 899. The molecule has 0 N–H and O–H groups in total. The number of fused-ring (bicyclic) bond motifs is 1. The average Bonchev–Trinajstić information content (AvgIpc) is 2.51. The highest BCUT2D eigenvalue weighted by molar-refractivity contribution is 14.1. The van der Waals surface area contributed by atoms with Crippen LogP contribution in [0.2, 0.25) is 0 Å². The molecule has 3 rings (SSSR count). The van der Waals surface area contributed by atoms with Crippen LogP contribution in [0.1, 0.15) is 17.1 Å². The summed E-state index contributed by atoms with van der Waals surface area (Å²) in [5.41, 5.74) is 0.601. The number of alkyl halides is 3. The third-order valence-corrected chi connectivity index (χ3v) is 3.93. The summed E-state index contributed by atoms with van der Waals surface area (Å²) in [4.78, 5) is 11.7. The number of benzene rings is 1. The first kappa shape index (κ1) is 16.9. The lowest BCUT2D eigenvalue weighted by molar-refractivity contribution is -0.141. The number of rotatable bonds is 3. The van der Waals surface area contributed by atoms with E-state index in [1.165, 1.54) is 6.33 Å². The van der Waals surface area contributed by atoms with E-state index in [4.69, 9.17) is 4.74 Å². The van der Waals surface area contributed by atoms with E-state index in [0.717, 1.165) is 15.3 Å². The normalized spacial score (nSPS) is 11.7. The molecule has 0 bridgehead atoms. The first-order valence-electron chi connectivity index (χ1n) is 6.91. The molecule has 2 heterocycles.